The zero-order valence-corrected chi connectivity index (χ0v) is 18.9. The second-order valence-electron chi connectivity index (χ2n) is 8.45. The van der Waals surface area contributed by atoms with E-state index in [0.717, 1.165) is 54.5 Å². The zero-order valence-electron chi connectivity index (χ0n) is 18.1. The van der Waals surface area contributed by atoms with Crippen LogP contribution in [0.5, 0.6) is 0 Å². The number of rotatable bonds is 5. The van der Waals surface area contributed by atoms with Crippen LogP contribution < -0.4 is 10.2 Å². The summed E-state index contributed by atoms with van der Waals surface area (Å²) in [4.78, 5) is 14.3. The minimum atomic E-state index is -4.22. The maximum Gasteiger partial charge on any atom is 0.246 e. The van der Waals surface area contributed by atoms with Crippen LogP contribution in [0.3, 0.4) is 0 Å². The van der Waals surface area contributed by atoms with E-state index in [9.17, 15) is 26.4 Å². The molecule has 2 saturated heterocycles. The number of benzene rings is 2. The predicted molar refractivity (Wildman–Crippen MR) is 119 cm³/mol. The van der Waals surface area contributed by atoms with Gasteiger partial charge >= 0.3 is 0 Å². The lowest BCUT2D eigenvalue weighted by Crippen LogP contribution is -2.41. The van der Waals surface area contributed by atoms with Gasteiger partial charge in [0, 0.05) is 32.1 Å². The summed E-state index contributed by atoms with van der Waals surface area (Å²) in [5.74, 6) is -3.11. The number of sulfonamides is 1. The van der Waals surface area contributed by atoms with Crippen molar-refractivity contribution in [3.05, 3.63) is 53.8 Å². The van der Waals surface area contributed by atoms with Gasteiger partial charge in [0.25, 0.3) is 0 Å². The van der Waals surface area contributed by atoms with Gasteiger partial charge in [0.05, 0.1) is 11.4 Å². The fraction of sp³-hybridized carbons (Fsp3) is 0.435. The molecule has 2 aliphatic rings. The van der Waals surface area contributed by atoms with Crippen LogP contribution in [0.2, 0.25) is 0 Å². The van der Waals surface area contributed by atoms with Crippen molar-refractivity contribution in [2.45, 2.75) is 37.0 Å². The summed E-state index contributed by atoms with van der Waals surface area (Å²) in [5, 5.41) is 2.82. The van der Waals surface area contributed by atoms with Gasteiger partial charge in [-0.25, -0.2) is 21.6 Å². The van der Waals surface area contributed by atoms with Crippen LogP contribution in [-0.2, 0) is 14.8 Å². The summed E-state index contributed by atoms with van der Waals surface area (Å²) >= 11 is 0. The van der Waals surface area contributed by atoms with E-state index >= 15 is 0 Å². The van der Waals surface area contributed by atoms with Gasteiger partial charge < -0.3 is 10.2 Å². The molecule has 0 radical (unpaired) electrons. The Balaban J connectivity index is 1.43. The first-order valence-electron chi connectivity index (χ1n) is 11.1. The van der Waals surface area contributed by atoms with E-state index in [4.69, 9.17) is 0 Å². The molecular formula is C23H26F3N3O3S. The van der Waals surface area contributed by atoms with Crippen LogP contribution in [-0.4, -0.2) is 44.8 Å². The number of carbonyl (C=O) groups excluding carboxylic acids is 1. The molecule has 2 heterocycles. The van der Waals surface area contributed by atoms with E-state index in [-0.39, 0.29) is 31.8 Å². The highest BCUT2D eigenvalue weighted by molar-refractivity contribution is 7.89. The van der Waals surface area contributed by atoms with Gasteiger partial charge in [-0.2, -0.15) is 4.31 Å². The Morgan fingerprint density at radius 1 is 0.879 bits per heavy atom. The van der Waals surface area contributed by atoms with Crippen molar-refractivity contribution in [2.24, 2.45) is 5.92 Å². The summed E-state index contributed by atoms with van der Waals surface area (Å²) in [5.41, 5.74) is 1.17. The van der Waals surface area contributed by atoms with Crippen LogP contribution in [0.15, 0.2) is 41.3 Å². The molecule has 0 aliphatic carbocycles. The molecule has 1 N–H and O–H groups in total. The van der Waals surface area contributed by atoms with Crippen molar-refractivity contribution >= 4 is 27.3 Å². The van der Waals surface area contributed by atoms with Crippen molar-refractivity contribution in [3.8, 4) is 0 Å². The molecule has 4 rings (SSSR count). The van der Waals surface area contributed by atoms with E-state index in [0.29, 0.717) is 11.8 Å². The van der Waals surface area contributed by atoms with Gasteiger partial charge in [-0.05, 0) is 68.5 Å². The van der Waals surface area contributed by atoms with Gasteiger partial charge in [-0.3, -0.25) is 4.79 Å². The molecule has 0 bridgehead atoms. The maximum absolute atomic E-state index is 14.0. The third-order valence-corrected chi connectivity index (χ3v) is 8.16. The van der Waals surface area contributed by atoms with Crippen LogP contribution in [0.1, 0.15) is 32.1 Å². The number of hydrogen-bond acceptors (Lipinski definition) is 4. The third kappa shape index (κ3) is 5.16. The Morgan fingerprint density at radius 2 is 1.52 bits per heavy atom. The topological polar surface area (TPSA) is 69.7 Å². The summed E-state index contributed by atoms with van der Waals surface area (Å²) in [6, 6.07) is 6.63. The van der Waals surface area contributed by atoms with E-state index < -0.39 is 38.3 Å². The zero-order chi connectivity index (χ0) is 23.6. The Labute approximate surface area is 191 Å². The van der Waals surface area contributed by atoms with Crippen LogP contribution in [0, 0.1) is 23.4 Å². The van der Waals surface area contributed by atoms with E-state index in [1.165, 1.54) is 12.1 Å². The molecule has 0 spiro atoms. The summed E-state index contributed by atoms with van der Waals surface area (Å²) in [6.45, 7) is 1.67. The van der Waals surface area contributed by atoms with Gasteiger partial charge in [0.2, 0.25) is 15.9 Å². The number of hydrogen-bond donors (Lipinski definition) is 1. The third-order valence-electron chi connectivity index (χ3n) is 6.25. The maximum atomic E-state index is 14.0. The highest BCUT2D eigenvalue weighted by atomic mass is 32.2. The van der Waals surface area contributed by atoms with Crippen molar-refractivity contribution in [1.82, 2.24) is 4.31 Å². The number of carbonyl (C=O) groups is 1. The summed E-state index contributed by atoms with van der Waals surface area (Å²) in [7, 11) is -4.22. The second kappa shape index (κ2) is 9.72. The molecule has 6 nitrogen and oxygen atoms in total. The van der Waals surface area contributed by atoms with E-state index in [2.05, 4.69) is 10.2 Å². The molecule has 2 fully saturated rings. The molecule has 2 aliphatic heterocycles. The number of halogens is 3. The first kappa shape index (κ1) is 23.6. The van der Waals surface area contributed by atoms with Crippen LogP contribution in [0.4, 0.5) is 24.5 Å². The molecule has 2 aromatic carbocycles. The average molecular weight is 482 g/mol. The lowest BCUT2D eigenvalue weighted by Gasteiger charge is -2.32. The highest BCUT2D eigenvalue weighted by Crippen LogP contribution is 2.31. The molecule has 0 aromatic heterocycles. The molecule has 0 saturated carbocycles. The van der Waals surface area contributed by atoms with Crippen LogP contribution >= 0.6 is 0 Å². The molecular weight excluding hydrogens is 455 g/mol. The standard InChI is InChI=1S/C23H26F3N3O3S/c24-17-5-7-21(28-10-2-1-3-11-28)20(14-17)27-23(30)16-8-12-29(13-9-16)33(31,32)22-15-18(25)4-6-19(22)26/h4-7,14-16H,1-3,8-13H2,(H,27,30). The Hall–Kier alpha value is -2.59. The number of piperidine rings is 2. The SMILES string of the molecule is O=C(Nc1cc(F)ccc1N1CCCCC1)C1CCN(S(=O)(=O)c2cc(F)ccc2F)CC1. The Kier molecular flexibility index (Phi) is 6.94. The lowest BCUT2D eigenvalue weighted by atomic mass is 9.97. The molecule has 0 unspecified atom stereocenters. The van der Waals surface area contributed by atoms with E-state index in [1.54, 1.807) is 6.07 Å². The fourth-order valence-corrected chi connectivity index (χ4v) is 5.97. The lowest BCUT2D eigenvalue weighted by molar-refractivity contribution is -0.120. The van der Waals surface area contributed by atoms with E-state index in [1.807, 2.05) is 0 Å². The molecule has 10 heteroatoms. The van der Waals surface area contributed by atoms with Gasteiger partial charge in [-0.1, -0.05) is 0 Å². The van der Waals surface area contributed by atoms with Gasteiger partial charge in [0.1, 0.15) is 22.3 Å². The summed E-state index contributed by atoms with van der Waals surface area (Å²) < 4.78 is 68.0. The van der Waals surface area contributed by atoms with Gasteiger partial charge in [-0.15, -0.1) is 0 Å². The Bertz CT molecular complexity index is 1130. The van der Waals surface area contributed by atoms with Crippen molar-refractivity contribution in [2.75, 3.05) is 36.4 Å². The quantitative estimate of drug-likeness (QED) is 0.697. The number of nitrogens with zero attached hydrogens (tertiary/aromatic N) is 2. The molecule has 178 valence electrons. The first-order valence-corrected chi connectivity index (χ1v) is 12.5. The minimum Gasteiger partial charge on any atom is -0.370 e. The number of anilines is 2. The predicted octanol–water partition coefficient (Wildman–Crippen LogP) is 4.13. The second-order valence-corrected chi connectivity index (χ2v) is 10.4. The molecule has 0 atom stereocenters. The fourth-order valence-electron chi connectivity index (χ4n) is 4.43. The molecule has 2 aromatic rings. The first-order chi connectivity index (χ1) is 15.8. The normalized spacial score (nSPS) is 18.3. The van der Waals surface area contributed by atoms with Gasteiger partial charge in [0.15, 0.2) is 0 Å². The average Bonchev–Trinajstić information content (AvgIpc) is 2.81. The summed E-state index contributed by atoms with van der Waals surface area (Å²) in [6.07, 6.45) is 3.64. The smallest absolute Gasteiger partial charge is 0.246 e. The number of amides is 1. The molecule has 33 heavy (non-hydrogen) atoms. The van der Waals surface area contributed by atoms with Crippen LogP contribution in [0.25, 0.3) is 0 Å². The minimum absolute atomic E-state index is 0.00148. The largest absolute Gasteiger partial charge is 0.370 e. The highest BCUT2D eigenvalue weighted by Gasteiger charge is 2.34. The monoisotopic (exact) mass is 481 g/mol. The van der Waals surface area contributed by atoms with Crippen molar-refractivity contribution in [3.63, 3.8) is 0 Å². The molecule has 1 amide bonds. The van der Waals surface area contributed by atoms with Crippen molar-refractivity contribution in [1.29, 1.82) is 0 Å². The number of nitrogens with one attached hydrogen (secondary N) is 1. The van der Waals surface area contributed by atoms with Crippen molar-refractivity contribution < 1.29 is 26.4 Å². The Morgan fingerprint density at radius 3 is 2.21 bits per heavy atom.